The molecule has 0 aliphatic rings. The molecule has 30 heavy (non-hydrogen) atoms. The van der Waals surface area contributed by atoms with Crippen LogP contribution >= 0.6 is 0 Å². The van der Waals surface area contributed by atoms with Gasteiger partial charge in [0, 0.05) is 17.7 Å². The molecule has 0 saturated heterocycles. The summed E-state index contributed by atoms with van der Waals surface area (Å²) in [7, 11) is 3.02. The molecule has 0 aliphatic heterocycles. The maximum Gasteiger partial charge on any atom is 0.355 e. The summed E-state index contributed by atoms with van der Waals surface area (Å²) in [5, 5.41) is 0. The summed E-state index contributed by atoms with van der Waals surface area (Å²) in [4.78, 5) is 36.1. The fraction of sp³-hybridized carbons (Fsp3) is 0.238. The van der Waals surface area contributed by atoms with E-state index in [0.717, 1.165) is 0 Å². The molecule has 9 nitrogen and oxygen atoms in total. The van der Waals surface area contributed by atoms with Gasteiger partial charge in [-0.2, -0.15) is 4.57 Å². The zero-order chi connectivity index (χ0) is 22.1. The summed E-state index contributed by atoms with van der Waals surface area (Å²) >= 11 is 0. The second kappa shape index (κ2) is 10.6. The normalized spacial score (nSPS) is 9.97. The number of hydrogen-bond donors (Lipinski definition) is 2. The lowest BCUT2D eigenvalue weighted by molar-refractivity contribution is -0.683. The Morgan fingerprint density at radius 2 is 1.63 bits per heavy atom. The van der Waals surface area contributed by atoms with Crippen molar-refractivity contribution < 1.29 is 33.2 Å². The first-order chi connectivity index (χ1) is 14.4. The van der Waals surface area contributed by atoms with Crippen LogP contribution in [0, 0.1) is 0 Å². The first-order valence-electron chi connectivity index (χ1n) is 9.06. The van der Waals surface area contributed by atoms with Gasteiger partial charge in [-0.05, 0) is 25.1 Å². The van der Waals surface area contributed by atoms with Gasteiger partial charge in [-0.1, -0.05) is 6.58 Å². The Morgan fingerprint density at radius 1 is 0.967 bits per heavy atom. The number of pyridine rings is 1. The highest BCUT2D eigenvalue weighted by Gasteiger charge is 2.16. The Morgan fingerprint density at radius 3 is 2.23 bits per heavy atom. The summed E-state index contributed by atoms with van der Waals surface area (Å²) in [5.41, 5.74) is 5.48. The third kappa shape index (κ3) is 5.81. The average Bonchev–Trinajstić information content (AvgIpc) is 2.77. The number of nitrogens with zero attached hydrogens (tertiary/aromatic N) is 1. The number of carbonyl (C=O) groups is 3. The summed E-state index contributed by atoms with van der Waals surface area (Å²) < 4.78 is 16.8. The van der Waals surface area contributed by atoms with E-state index in [2.05, 4.69) is 17.4 Å². The van der Waals surface area contributed by atoms with E-state index >= 15 is 0 Å². The van der Waals surface area contributed by atoms with Gasteiger partial charge in [-0.25, -0.2) is 4.79 Å². The SMILES string of the molecule is C=C(NNC(=O)c1cc[n+](CC(=O)c2ccc(OC)c(OC)c2)cc1)C(=O)OCC. The lowest BCUT2D eigenvalue weighted by Gasteiger charge is -2.10. The van der Waals surface area contributed by atoms with Gasteiger partial charge in [0.25, 0.3) is 5.91 Å². The predicted molar refractivity (Wildman–Crippen MR) is 107 cm³/mol. The molecule has 0 unspecified atom stereocenters. The third-order valence-corrected chi connectivity index (χ3v) is 4.03. The molecule has 1 amide bonds. The van der Waals surface area contributed by atoms with Crippen LogP contribution in [0.3, 0.4) is 0 Å². The molecular formula is C21H24N3O6+. The van der Waals surface area contributed by atoms with Gasteiger partial charge in [0.05, 0.1) is 26.4 Å². The van der Waals surface area contributed by atoms with Crippen LogP contribution in [-0.2, 0) is 16.1 Å². The predicted octanol–water partition coefficient (Wildman–Crippen LogP) is 1.19. The monoisotopic (exact) mass is 414 g/mol. The fourth-order valence-corrected chi connectivity index (χ4v) is 2.45. The number of nitrogens with one attached hydrogen (secondary N) is 2. The number of ketones is 1. The minimum absolute atomic E-state index is 0.0787. The van der Waals surface area contributed by atoms with Crippen LogP contribution in [0.25, 0.3) is 0 Å². The Bertz CT molecular complexity index is 940. The van der Waals surface area contributed by atoms with Crippen molar-refractivity contribution in [3.63, 3.8) is 0 Å². The van der Waals surface area contributed by atoms with Crippen molar-refractivity contribution in [1.29, 1.82) is 0 Å². The lowest BCUT2D eigenvalue weighted by atomic mass is 10.1. The number of hydrazine groups is 1. The zero-order valence-corrected chi connectivity index (χ0v) is 17.1. The maximum absolute atomic E-state index is 12.5. The maximum atomic E-state index is 12.5. The number of esters is 1. The third-order valence-electron chi connectivity index (χ3n) is 4.03. The lowest BCUT2D eigenvalue weighted by Crippen LogP contribution is -2.40. The van der Waals surface area contributed by atoms with Gasteiger partial charge >= 0.3 is 5.97 Å². The van der Waals surface area contributed by atoms with Crippen LogP contribution in [0.4, 0.5) is 0 Å². The number of rotatable bonds is 10. The molecule has 0 aliphatic carbocycles. The highest BCUT2D eigenvalue weighted by atomic mass is 16.5. The zero-order valence-electron chi connectivity index (χ0n) is 17.1. The van der Waals surface area contributed by atoms with E-state index in [1.54, 1.807) is 54.2 Å². The van der Waals surface area contributed by atoms with Gasteiger partial charge in [0.1, 0.15) is 5.70 Å². The molecular weight excluding hydrogens is 390 g/mol. The van der Waals surface area contributed by atoms with E-state index in [4.69, 9.17) is 14.2 Å². The molecule has 2 rings (SSSR count). The first-order valence-corrected chi connectivity index (χ1v) is 9.06. The van der Waals surface area contributed by atoms with Crippen LogP contribution in [0.2, 0.25) is 0 Å². The summed E-state index contributed by atoms with van der Waals surface area (Å²) in [6.07, 6.45) is 3.21. The molecule has 0 fully saturated rings. The topological polar surface area (TPSA) is 107 Å². The highest BCUT2D eigenvalue weighted by Crippen LogP contribution is 2.27. The van der Waals surface area contributed by atoms with Crippen molar-refractivity contribution in [2.45, 2.75) is 13.5 Å². The molecule has 0 radical (unpaired) electrons. The van der Waals surface area contributed by atoms with Gasteiger partial charge in [0.15, 0.2) is 23.9 Å². The van der Waals surface area contributed by atoms with E-state index < -0.39 is 11.9 Å². The van der Waals surface area contributed by atoms with Crippen LogP contribution in [0.1, 0.15) is 27.6 Å². The van der Waals surface area contributed by atoms with E-state index in [1.807, 2.05) is 0 Å². The number of hydrogen-bond acceptors (Lipinski definition) is 7. The molecule has 0 atom stereocenters. The molecule has 9 heteroatoms. The van der Waals surface area contributed by atoms with Crippen molar-refractivity contribution in [2.75, 3.05) is 20.8 Å². The van der Waals surface area contributed by atoms with Crippen molar-refractivity contribution in [2.24, 2.45) is 0 Å². The fourth-order valence-electron chi connectivity index (χ4n) is 2.45. The Labute approximate surface area is 174 Å². The molecule has 0 spiro atoms. The molecule has 0 saturated carbocycles. The van der Waals surface area contributed by atoms with Gasteiger partial charge < -0.3 is 14.2 Å². The van der Waals surface area contributed by atoms with Crippen LogP contribution < -0.4 is 24.9 Å². The number of amides is 1. The largest absolute Gasteiger partial charge is 0.493 e. The second-order valence-electron chi connectivity index (χ2n) is 6.03. The smallest absolute Gasteiger partial charge is 0.355 e. The summed E-state index contributed by atoms with van der Waals surface area (Å²) in [5.74, 6) is -0.254. The van der Waals surface area contributed by atoms with Crippen molar-refractivity contribution in [3.05, 3.63) is 66.1 Å². The number of carbonyl (C=O) groups excluding carboxylic acids is 3. The Kier molecular flexibility index (Phi) is 7.92. The van der Waals surface area contributed by atoms with Crippen molar-refractivity contribution in [3.8, 4) is 11.5 Å². The Hall–Kier alpha value is -3.88. The molecule has 1 aromatic carbocycles. The molecule has 2 aromatic rings. The minimum Gasteiger partial charge on any atom is -0.493 e. The van der Waals surface area contributed by atoms with Crippen LogP contribution in [0.5, 0.6) is 11.5 Å². The number of Topliss-reactive ketones (excluding diaryl/α,β-unsaturated/α-hetero) is 1. The van der Waals surface area contributed by atoms with Crippen LogP contribution in [-0.4, -0.2) is 38.5 Å². The average molecular weight is 414 g/mol. The molecule has 2 N–H and O–H groups in total. The van der Waals surface area contributed by atoms with E-state index in [9.17, 15) is 14.4 Å². The molecule has 1 heterocycles. The summed E-state index contributed by atoms with van der Waals surface area (Å²) in [6.45, 7) is 5.43. The van der Waals surface area contributed by atoms with E-state index in [1.165, 1.54) is 14.2 Å². The first kappa shape index (κ1) is 22.4. The number of methoxy groups -OCH3 is 2. The number of aromatic nitrogens is 1. The Balaban J connectivity index is 1.97. The van der Waals surface area contributed by atoms with Crippen molar-refractivity contribution >= 4 is 17.7 Å². The van der Waals surface area contributed by atoms with E-state index in [0.29, 0.717) is 22.6 Å². The molecule has 1 aromatic heterocycles. The van der Waals surface area contributed by atoms with Gasteiger partial charge in [-0.15, -0.1) is 0 Å². The van der Waals surface area contributed by atoms with E-state index in [-0.39, 0.29) is 24.6 Å². The molecule has 158 valence electrons. The van der Waals surface area contributed by atoms with Crippen molar-refractivity contribution in [1.82, 2.24) is 10.9 Å². The highest BCUT2D eigenvalue weighted by molar-refractivity contribution is 5.96. The molecule has 0 bridgehead atoms. The standard InChI is InChI=1S/C21H23N3O6/c1-5-30-21(27)14(2)22-23-20(26)15-8-10-24(11-9-15)13-17(25)16-6-7-18(28-3)19(12-16)29-4/h6-12,26H,2,5,13H2,1,3-4H3/p+1. The van der Waals surface area contributed by atoms with Gasteiger partial charge in [-0.3, -0.25) is 20.4 Å². The van der Waals surface area contributed by atoms with Crippen LogP contribution in [0.15, 0.2) is 55.0 Å². The minimum atomic E-state index is -0.655. The number of ether oxygens (including phenoxy) is 3. The second-order valence-corrected chi connectivity index (χ2v) is 6.03. The van der Waals surface area contributed by atoms with Gasteiger partial charge in [0.2, 0.25) is 12.3 Å². The number of benzene rings is 1. The summed E-state index contributed by atoms with van der Waals surface area (Å²) in [6, 6.07) is 8.04. The quantitative estimate of drug-likeness (QED) is 0.198.